The minimum atomic E-state index is -0.404. The van der Waals surface area contributed by atoms with E-state index in [-0.39, 0.29) is 25.0 Å². The van der Waals surface area contributed by atoms with Gasteiger partial charge in [-0.3, -0.25) is 9.59 Å². The predicted octanol–water partition coefficient (Wildman–Crippen LogP) is 3.91. The summed E-state index contributed by atoms with van der Waals surface area (Å²) in [7, 11) is 1.70. The van der Waals surface area contributed by atoms with Crippen molar-refractivity contribution < 1.29 is 14.3 Å². The Labute approximate surface area is 162 Å². The first-order valence-corrected chi connectivity index (χ1v) is 9.58. The van der Waals surface area contributed by atoms with Gasteiger partial charge in [0.1, 0.15) is 5.01 Å². The van der Waals surface area contributed by atoms with Crippen molar-refractivity contribution in [2.45, 2.75) is 26.3 Å². The van der Waals surface area contributed by atoms with E-state index in [1.807, 2.05) is 62.4 Å². The van der Waals surface area contributed by atoms with Crippen LogP contribution in [0.2, 0.25) is 0 Å². The molecule has 1 aromatic heterocycles. The fourth-order valence-electron chi connectivity index (χ4n) is 2.71. The van der Waals surface area contributed by atoms with Crippen molar-refractivity contribution in [1.82, 2.24) is 9.88 Å². The molecule has 0 N–H and O–H groups in total. The number of carbonyl (C=O) groups excluding carboxylic acids is 2. The second kappa shape index (κ2) is 8.31. The van der Waals surface area contributed by atoms with Crippen LogP contribution >= 0.6 is 11.3 Å². The Hall–Kier alpha value is -2.73. The summed E-state index contributed by atoms with van der Waals surface area (Å²) in [4.78, 5) is 30.6. The van der Waals surface area contributed by atoms with Gasteiger partial charge in [0.05, 0.1) is 22.7 Å². The number of aryl methyl sites for hydroxylation is 1. The van der Waals surface area contributed by atoms with Gasteiger partial charge in [-0.1, -0.05) is 36.4 Å². The molecule has 2 aromatic carbocycles. The number of esters is 1. The molecule has 27 heavy (non-hydrogen) atoms. The van der Waals surface area contributed by atoms with Gasteiger partial charge in [-0.05, 0) is 37.1 Å². The lowest BCUT2D eigenvalue weighted by atomic mass is 10.1. The molecular formula is C21H22N2O3S. The first-order valence-electron chi connectivity index (χ1n) is 8.77. The molecule has 3 rings (SSSR count). The minimum absolute atomic E-state index is 0.164. The molecule has 3 aromatic rings. The van der Waals surface area contributed by atoms with Gasteiger partial charge in [0, 0.05) is 7.05 Å². The van der Waals surface area contributed by atoms with E-state index in [4.69, 9.17) is 4.74 Å². The summed E-state index contributed by atoms with van der Waals surface area (Å²) < 4.78 is 6.27. The first kappa shape index (κ1) is 19.0. The number of hydrogen-bond acceptors (Lipinski definition) is 5. The largest absolute Gasteiger partial charge is 0.455 e. The van der Waals surface area contributed by atoms with Crippen LogP contribution in [0.1, 0.15) is 29.1 Å². The fraction of sp³-hybridized carbons (Fsp3) is 0.286. The smallest absolute Gasteiger partial charge is 0.310 e. The average Bonchev–Trinajstić information content (AvgIpc) is 3.11. The molecule has 0 saturated heterocycles. The van der Waals surface area contributed by atoms with Crippen molar-refractivity contribution in [2.24, 2.45) is 0 Å². The Kier molecular flexibility index (Phi) is 5.86. The molecule has 0 radical (unpaired) electrons. The normalized spacial score (nSPS) is 12.0. The van der Waals surface area contributed by atoms with Crippen molar-refractivity contribution in [1.29, 1.82) is 0 Å². The number of hydrogen-bond donors (Lipinski definition) is 0. The summed E-state index contributed by atoms with van der Waals surface area (Å²) >= 11 is 1.57. The Morgan fingerprint density at radius 1 is 1.15 bits per heavy atom. The molecule has 0 fully saturated rings. The van der Waals surface area contributed by atoms with Crippen LogP contribution in [0.5, 0.6) is 0 Å². The molecule has 0 aliphatic rings. The average molecular weight is 382 g/mol. The third kappa shape index (κ3) is 4.52. The van der Waals surface area contributed by atoms with Gasteiger partial charge in [0.25, 0.3) is 5.91 Å². The number of fused-ring (bicyclic) bond motifs is 1. The minimum Gasteiger partial charge on any atom is -0.455 e. The number of benzene rings is 2. The van der Waals surface area contributed by atoms with Crippen LogP contribution in [-0.4, -0.2) is 35.4 Å². The summed E-state index contributed by atoms with van der Waals surface area (Å²) in [6, 6.07) is 15.3. The molecule has 6 heteroatoms. The van der Waals surface area contributed by atoms with E-state index in [0.717, 1.165) is 26.4 Å². The van der Waals surface area contributed by atoms with E-state index in [1.165, 1.54) is 0 Å². The van der Waals surface area contributed by atoms with Gasteiger partial charge in [-0.2, -0.15) is 0 Å². The van der Waals surface area contributed by atoms with Gasteiger partial charge < -0.3 is 9.64 Å². The molecule has 0 saturated carbocycles. The summed E-state index contributed by atoms with van der Waals surface area (Å²) in [6.07, 6.45) is 0.164. The summed E-state index contributed by atoms with van der Waals surface area (Å²) in [5.41, 5.74) is 2.86. The van der Waals surface area contributed by atoms with E-state index in [0.29, 0.717) is 0 Å². The number of amides is 1. The van der Waals surface area contributed by atoms with Crippen LogP contribution in [0, 0.1) is 6.92 Å². The van der Waals surface area contributed by atoms with E-state index in [1.54, 1.807) is 23.3 Å². The van der Waals surface area contributed by atoms with E-state index in [2.05, 4.69) is 4.98 Å². The Morgan fingerprint density at radius 3 is 2.59 bits per heavy atom. The molecule has 0 aliphatic heterocycles. The zero-order valence-electron chi connectivity index (χ0n) is 15.6. The number of ether oxygens (including phenoxy) is 1. The van der Waals surface area contributed by atoms with Crippen LogP contribution in [0.4, 0.5) is 0 Å². The molecule has 1 amide bonds. The van der Waals surface area contributed by atoms with Crippen LogP contribution < -0.4 is 0 Å². The number of para-hydroxylation sites is 1. The predicted molar refractivity (Wildman–Crippen MR) is 107 cm³/mol. The first-order chi connectivity index (χ1) is 13.0. The molecule has 1 atom stereocenters. The van der Waals surface area contributed by atoms with E-state index >= 15 is 0 Å². The highest BCUT2D eigenvalue weighted by molar-refractivity contribution is 7.18. The maximum atomic E-state index is 12.4. The molecule has 5 nitrogen and oxygen atoms in total. The summed E-state index contributed by atoms with van der Waals surface area (Å²) in [5.74, 6) is -0.654. The highest BCUT2D eigenvalue weighted by atomic mass is 32.1. The van der Waals surface area contributed by atoms with Crippen molar-refractivity contribution in [3.8, 4) is 0 Å². The second-order valence-electron chi connectivity index (χ2n) is 6.46. The fourth-order valence-corrected chi connectivity index (χ4v) is 3.77. The zero-order chi connectivity index (χ0) is 19.4. The SMILES string of the molecule is Cc1ccccc1CC(=O)OCC(=O)N(C)[C@H](C)c1nc2ccccc2s1. The van der Waals surface area contributed by atoms with Crippen molar-refractivity contribution >= 4 is 33.4 Å². The Morgan fingerprint density at radius 2 is 1.85 bits per heavy atom. The lowest BCUT2D eigenvalue weighted by Crippen LogP contribution is -2.33. The molecule has 0 aliphatic carbocycles. The lowest BCUT2D eigenvalue weighted by molar-refractivity contribution is -0.151. The third-order valence-corrected chi connectivity index (χ3v) is 5.80. The quantitative estimate of drug-likeness (QED) is 0.607. The lowest BCUT2D eigenvalue weighted by Gasteiger charge is -2.23. The van der Waals surface area contributed by atoms with Crippen LogP contribution in [0.3, 0.4) is 0 Å². The monoisotopic (exact) mass is 382 g/mol. The third-order valence-electron chi connectivity index (χ3n) is 4.59. The number of likely N-dealkylation sites (N-methyl/N-ethyl adjacent to an activating group) is 1. The number of thiazole rings is 1. The van der Waals surface area contributed by atoms with Gasteiger partial charge in [0.2, 0.25) is 0 Å². The molecular weight excluding hydrogens is 360 g/mol. The van der Waals surface area contributed by atoms with Crippen molar-refractivity contribution in [3.63, 3.8) is 0 Å². The van der Waals surface area contributed by atoms with Crippen LogP contribution in [0.15, 0.2) is 48.5 Å². The highest BCUT2D eigenvalue weighted by Crippen LogP contribution is 2.28. The summed E-state index contributed by atoms with van der Waals surface area (Å²) in [5, 5.41) is 0.860. The van der Waals surface area contributed by atoms with Gasteiger partial charge >= 0.3 is 5.97 Å². The van der Waals surface area contributed by atoms with Crippen LogP contribution in [0.25, 0.3) is 10.2 Å². The molecule has 1 heterocycles. The van der Waals surface area contributed by atoms with Gasteiger partial charge in [0.15, 0.2) is 6.61 Å². The van der Waals surface area contributed by atoms with Crippen LogP contribution in [-0.2, 0) is 20.7 Å². The standard InChI is InChI=1S/C21H22N2O3S/c1-14-8-4-5-9-16(14)12-20(25)26-13-19(24)23(3)15(2)21-22-17-10-6-7-11-18(17)27-21/h4-11,15H,12-13H2,1-3H3/t15-/m1/s1. The summed E-state index contributed by atoms with van der Waals surface area (Å²) in [6.45, 7) is 3.60. The Balaban J connectivity index is 1.56. The number of aromatic nitrogens is 1. The number of rotatable bonds is 6. The Bertz CT molecular complexity index is 934. The molecule has 0 unspecified atom stereocenters. The number of carbonyl (C=O) groups is 2. The van der Waals surface area contributed by atoms with Gasteiger partial charge in [-0.15, -0.1) is 11.3 Å². The molecule has 0 bridgehead atoms. The highest BCUT2D eigenvalue weighted by Gasteiger charge is 2.21. The number of nitrogens with zero attached hydrogens (tertiary/aromatic N) is 2. The van der Waals surface area contributed by atoms with Gasteiger partial charge in [-0.25, -0.2) is 4.98 Å². The van der Waals surface area contributed by atoms with Crippen molar-refractivity contribution in [3.05, 3.63) is 64.7 Å². The topological polar surface area (TPSA) is 59.5 Å². The van der Waals surface area contributed by atoms with E-state index < -0.39 is 5.97 Å². The maximum absolute atomic E-state index is 12.4. The van der Waals surface area contributed by atoms with Crippen molar-refractivity contribution in [2.75, 3.05) is 13.7 Å². The molecule has 0 spiro atoms. The van der Waals surface area contributed by atoms with E-state index in [9.17, 15) is 9.59 Å². The second-order valence-corrected chi connectivity index (χ2v) is 7.53. The molecule has 140 valence electrons. The zero-order valence-corrected chi connectivity index (χ0v) is 16.5. The maximum Gasteiger partial charge on any atom is 0.310 e.